The van der Waals surface area contributed by atoms with Crippen LogP contribution in [0.25, 0.3) is 0 Å². The molecular weight excluding hydrogens is 308 g/mol. The molecule has 4 rings (SSSR count). The molecule has 0 bridgehead atoms. The Bertz CT molecular complexity index is 570. The summed E-state index contributed by atoms with van der Waals surface area (Å²) in [6, 6.07) is -0.257. The van der Waals surface area contributed by atoms with Gasteiger partial charge in [0.15, 0.2) is 0 Å². The van der Waals surface area contributed by atoms with Crippen molar-refractivity contribution in [1.82, 2.24) is 15.1 Å². The van der Waals surface area contributed by atoms with E-state index < -0.39 is 17.9 Å². The molecule has 132 valence electrons. The van der Waals surface area contributed by atoms with Crippen molar-refractivity contribution in [3.63, 3.8) is 0 Å². The second-order valence-corrected chi connectivity index (χ2v) is 7.95. The molecule has 4 fully saturated rings. The third-order valence-electron chi connectivity index (χ3n) is 6.27. The highest BCUT2D eigenvalue weighted by atomic mass is 16.2. The fraction of sp³-hybridized carbons (Fsp3) is 0.824. The smallest absolute Gasteiger partial charge is 0.312 e. The highest BCUT2D eigenvalue weighted by Crippen LogP contribution is 2.47. The molecule has 2 heterocycles. The van der Waals surface area contributed by atoms with E-state index in [-0.39, 0.29) is 23.4 Å². The molecular formula is C17H26N4O3. The van der Waals surface area contributed by atoms with Gasteiger partial charge < -0.3 is 20.9 Å². The largest absolute Gasteiger partial charge is 0.352 e. The number of nitrogens with zero attached hydrogens (tertiary/aromatic N) is 2. The van der Waals surface area contributed by atoms with Crippen molar-refractivity contribution < 1.29 is 14.4 Å². The van der Waals surface area contributed by atoms with Crippen molar-refractivity contribution in [3.8, 4) is 0 Å². The summed E-state index contributed by atoms with van der Waals surface area (Å²) < 4.78 is 0. The molecule has 2 aliphatic carbocycles. The van der Waals surface area contributed by atoms with Gasteiger partial charge in [-0.3, -0.25) is 14.4 Å². The number of carbonyl (C=O) groups is 3. The predicted molar refractivity (Wildman–Crippen MR) is 86.7 cm³/mol. The average molecular weight is 334 g/mol. The third kappa shape index (κ3) is 2.59. The van der Waals surface area contributed by atoms with Gasteiger partial charge >= 0.3 is 11.8 Å². The molecule has 0 aromatic rings. The first-order chi connectivity index (χ1) is 11.5. The molecule has 24 heavy (non-hydrogen) atoms. The number of likely N-dealkylation sites (tertiary alicyclic amines) is 2. The Labute approximate surface area is 141 Å². The zero-order valence-electron chi connectivity index (χ0n) is 14.0. The molecule has 7 heteroatoms. The van der Waals surface area contributed by atoms with Gasteiger partial charge in [0.25, 0.3) is 0 Å². The Hall–Kier alpha value is -1.63. The lowest BCUT2D eigenvalue weighted by atomic mass is 9.66. The van der Waals surface area contributed by atoms with E-state index in [2.05, 4.69) is 5.32 Å². The number of hydrogen-bond acceptors (Lipinski definition) is 4. The summed E-state index contributed by atoms with van der Waals surface area (Å²) in [7, 11) is 0. The minimum atomic E-state index is -0.535. The van der Waals surface area contributed by atoms with E-state index >= 15 is 0 Å². The number of hydrogen-bond donors (Lipinski definition) is 2. The molecule has 2 saturated carbocycles. The first-order valence-corrected chi connectivity index (χ1v) is 9.16. The van der Waals surface area contributed by atoms with Crippen molar-refractivity contribution >= 4 is 17.7 Å². The van der Waals surface area contributed by atoms with E-state index in [0.29, 0.717) is 26.1 Å². The maximum absolute atomic E-state index is 12.7. The highest BCUT2D eigenvalue weighted by Gasteiger charge is 2.51. The Morgan fingerprint density at radius 2 is 1.79 bits per heavy atom. The van der Waals surface area contributed by atoms with E-state index in [0.717, 1.165) is 38.5 Å². The molecule has 0 radical (unpaired) electrons. The van der Waals surface area contributed by atoms with Gasteiger partial charge in [0.2, 0.25) is 5.91 Å². The van der Waals surface area contributed by atoms with E-state index in [4.69, 9.17) is 5.73 Å². The standard InChI is InChI=1S/C17H26N4O3/c18-13-9-20(10-17(13)6-2-7-17)15(23)16(24)21-8-1-3-12(21)14(22)19-11-4-5-11/h11-13H,1-10,18H2,(H,19,22). The zero-order valence-corrected chi connectivity index (χ0v) is 14.0. The average Bonchev–Trinajstić information content (AvgIpc) is 3.07. The van der Waals surface area contributed by atoms with Gasteiger partial charge in [0.05, 0.1) is 0 Å². The van der Waals surface area contributed by atoms with Gasteiger partial charge in [-0.05, 0) is 38.5 Å². The summed E-state index contributed by atoms with van der Waals surface area (Å²) in [5.74, 6) is -1.13. The minimum absolute atomic E-state index is 0.0314. The summed E-state index contributed by atoms with van der Waals surface area (Å²) in [5, 5.41) is 2.95. The Morgan fingerprint density at radius 1 is 1.04 bits per heavy atom. The summed E-state index contributed by atoms with van der Waals surface area (Å²) >= 11 is 0. The lowest BCUT2D eigenvalue weighted by Crippen LogP contribution is -2.51. The van der Waals surface area contributed by atoms with E-state index in [1.54, 1.807) is 4.90 Å². The summed E-state index contributed by atoms with van der Waals surface area (Å²) in [6.07, 6.45) is 6.67. The fourth-order valence-electron chi connectivity index (χ4n) is 4.37. The summed E-state index contributed by atoms with van der Waals surface area (Å²) in [5.41, 5.74) is 6.24. The minimum Gasteiger partial charge on any atom is -0.352 e. The Kier molecular flexibility index (Phi) is 3.78. The maximum atomic E-state index is 12.7. The Balaban J connectivity index is 1.40. The molecule has 4 aliphatic rings. The topological polar surface area (TPSA) is 95.7 Å². The van der Waals surface area contributed by atoms with Crippen LogP contribution in [0.4, 0.5) is 0 Å². The van der Waals surface area contributed by atoms with Gasteiger partial charge in [-0.15, -0.1) is 0 Å². The van der Waals surface area contributed by atoms with E-state index in [9.17, 15) is 14.4 Å². The molecule has 2 aliphatic heterocycles. The van der Waals surface area contributed by atoms with E-state index in [1.165, 1.54) is 4.90 Å². The van der Waals surface area contributed by atoms with Crippen LogP contribution in [0.1, 0.15) is 44.9 Å². The van der Waals surface area contributed by atoms with Crippen molar-refractivity contribution in [2.45, 2.75) is 63.1 Å². The van der Waals surface area contributed by atoms with Gasteiger partial charge in [-0.1, -0.05) is 6.42 Å². The first kappa shape index (κ1) is 15.9. The number of carbonyl (C=O) groups excluding carboxylic acids is 3. The van der Waals surface area contributed by atoms with Crippen molar-refractivity contribution in [3.05, 3.63) is 0 Å². The maximum Gasteiger partial charge on any atom is 0.312 e. The zero-order chi connectivity index (χ0) is 16.9. The van der Waals surface area contributed by atoms with Gasteiger partial charge in [0, 0.05) is 37.1 Å². The monoisotopic (exact) mass is 334 g/mol. The first-order valence-electron chi connectivity index (χ1n) is 9.16. The summed E-state index contributed by atoms with van der Waals surface area (Å²) in [4.78, 5) is 40.7. The van der Waals surface area contributed by atoms with Crippen molar-refractivity contribution in [2.24, 2.45) is 11.1 Å². The number of rotatable bonds is 2. The van der Waals surface area contributed by atoms with Crippen LogP contribution in [-0.4, -0.2) is 65.3 Å². The van der Waals surface area contributed by atoms with Crippen LogP contribution >= 0.6 is 0 Å². The summed E-state index contributed by atoms with van der Waals surface area (Å²) in [6.45, 7) is 1.53. The quantitative estimate of drug-likeness (QED) is 0.672. The van der Waals surface area contributed by atoms with E-state index in [1.807, 2.05) is 0 Å². The molecule has 0 aromatic heterocycles. The SMILES string of the molecule is NC1CN(C(=O)C(=O)N2CCCC2C(=O)NC2CC2)CC12CCC2. The van der Waals surface area contributed by atoms with Crippen molar-refractivity contribution in [1.29, 1.82) is 0 Å². The molecule has 2 saturated heterocycles. The van der Waals surface area contributed by atoms with Gasteiger partial charge in [-0.25, -0.2) is 0 Å². The molecule has 0 aromatic carbocycles. The lowest BCUT2D eigenvalue weighted by Gasteiger charge is -2.41. The van der Waals surface area contributed by atoms with Crippen LogP contribution in [-0.2, 0) is 14.4 Å². The predicted octanol–water partition coefficient (Wildman–Crippen LogP) is -0.404. The van der Waals surface area contributed by atoms with Crippen LogP contribution in [0.3, 0.4) is 0 Å². The normalized spacial score (nSPS) is 31.2. The number of nitrogens with one attached hydrogen (secondary N) is 1. The third-order valence-corrected chi connectivity index (χ3v) is 6.27. The Morgan fingerprint density at radius 3 is 2.38 bits per heavy atom. The van der Waals surface area contributed by atoms with Crippen LogP contribution in [0.2, 0.25) is 0 Å². The second-order valence-electron chi connectivity index (χ2n) is 7.95. The second kappa shape index (κ2) is 5.72. The lowest BCUT2D eigenvalue weighted by molar-refractivity contribution is -0.153. The number of amides is 3. The number of nitrogens with two attached hydrogens (primary N) is 1. The highest BCUT2D eigenvalue weighted by molar-refractivity contribution is 6.35. The molecule has 2 atom stereocenters. The van der Waals surface area contributed by atoms with Crippen LogP contribution in [0.15, 0.2) is 0 Å². The van der Waals surface area contributed by atoms with Crippen LogP contribution < -0.4 is 11.1 Å². The molecule has 3 amide bonds. The molecule has 1 spiro atoms. The fourth-order valence-corrected chi connectivity index (χ4v) is 4.37. The molecule has 3 N–H and O–H groups in total. The van der Waals surface area contributed by atoms with Crippen LogP contribution in [0.5, 0.6) is 0 Å². The molecule has 7 nitrogen and oxygen atoms in total. The van der Waals surface area contributed by atoms with Gasteiger partial charge in [0.1, 0.15) is 6.04 Å². The molecule has 2 unspecified atom stereocenters. The van der Waals surface area contributed by atoms with Crippen LogP contribution in [0, 0.1) is 5.41 Å². The van der Waals surface area contributed by atoms with Gasteiger partial charge in [-0.2, -0.15) is 0 Å². The van der Waals surface area contributed by atoms with Crippen molar-refractivity contribution in [2.75, 3.05) is 19.6 Å².